The number of carbonyl (C=O) groups is 2. The number of allylic oxidation sites excluding steroid dienone is 1. The first kappa shape index (κ1) is 21.2. The molecule has 158 valence electrons. The van der Waals surface area contributed by atoms with Gasteiger partial charge < -0.3 is 25.4 Å². The quantitative estimate of drug-likeness (QED) is 0.673. The van der Waals surface area contributed by atoms with Gasteiger partial charge >= 0.3 is 6.03 Å². The Morgan fingerprint density at radius 2 is 1.87 bits per heavy atom. The number of amides is 3. The van der Waals surface area contributed by atoms with E-state index in [9.17, 15) is 9.59 Å². The Morgan fingerprint density at radius 1 is 1.10 bits per heavy atom. The van der Waals surface area contributed by atoms with Gasteiger partial charge in [-0.1, -0.05) is 23.8 Å². The topological polar surface area (TPSA) is 88.7 Å². The van der Waals surface area contributed by atoms with E-state index in [2.05, 4.69) is 16.0 Å². The lowest BCUT2D eigenvalue weighted by Crippen LogP contribution is -2.46. The summed E-state index contributed by atoms with van der Waals surface area (Å²) in [5.74, 6) is 0.852. The smallest absolute Gasteiger partial charge is 0.319 e. The van der Waals surface area contributed by atoms with Crippen molar-refractivity contribution >= 4 is 17.6 Å². The van der Waals surface area contributed by atoms with Crippen LogP contribution in [0.5, 0.6) is 11.5 Å². The molecule has 2 aromatic carbocycles. The summed E-state index contributed by atoms with van der Waals surface area (Å²) in [5.41, 5.74) is 4.46. The van der Waals surface area contributed by atoms with Crippen molar-refractivity contribution < 1.29 is 19.1 Å². The lowest BCUT2D eigenvalue weighted by atomic mass is 9.94. The monoisotopic (exact) mass is 409 g/mol. The van der Waals surface area contributed by atoms with E-state index < -0.39 is 6.04 Å². The second kappa shape index (κ2) is 8.90. The number of hydrogen-bond donors (Lipinski definition) is 3. The first-order valence-corrected chi connectivity index (χ1v) is 9.81. The molecule has 1 heterocycles. The molecule has 0 unspecified atom stereocenters. The molecule has 0 spiro atoms. The van der Waals surface area contributed by atoms with Crippen LogP contribution in [0.1, 0.15) is 36.6 Å². The summed E-state index contributed by atoms with van der Waals surface area (Å²) in [6, 6.07) is 10.2. The molecule has 30 heavy (non-hydrogen) atoms. The summed E-state index contributed by atoms with van der Waals surface area (Å²) < 4.78 is 11.0. The molecule has 0 radical (unpaired) electrons. The normalized spacial score (nSPS) is 15.9. The maximum absolute atomic E-state index is 13.2. The third-order valence-electron chi connectivity index (χ3n) is 4.96. The maximum atomic E-state index is 13.2. The van der Waals surface area contributed by atoms with Crippen LogP contribution in [-0.4, -0.2) is 25.7 Å². The zero-order valence-electron chi connectivity index (χ0n) is 17.9. The number of anilines is 1. The molecule has 0 saturated heterocycles. The van der Waals surface area contributed by atoms with Crippen molar-refractivity contribution in [1.82, 2.24) is 10.6 Å². The van der Waals surface area contributed by atoms with Crippen molar-refractivity contribution in [3.8, 4) is 11.5 Å². The van der Waals surface area contributed by atoms with Gasteiger partial charge in [-0.2, -0.15) is 0 Å². The summed E-state index contributed by atoms with van der Waals surface area (Å²) >= 11 is 0. The number of urea groups is 1. The Bertz CT molecular complexity index is 1010. The largest absolute Gasteiger partial charge is 0.493 e. The van der Waals surface area contributed by atoms with Crippen molar-refractivity contribution in [1.29, 1.82) is 0 Å². The van der Waals surface area contributed by atoms with E-state index in [0.717, 1.165) is 22.4 Å². The highest BCUT2D eigenvalue weighted by Gasteiger charge is 2.32. The number of rotatable bonds is 6. The van der Waals surface area contributed by atoms with Gasteiger partial charge in [0.05, 0.1) is 25.3 Å². The van der Waals surface area contributed by atoms with E-state index in [1.54, 1.807) is 26.2 Å². The Hall–Kier alpha value is -3.48. The van der Waals surface area contributed by atoms with E-state index in [4.69, 9.17) is 9.47 Å². The summed E-state index contributed by atoms with van der Waals surface area (Å²) in [4.78, 5) is 25.4. The number of methoxy groups -OCH3 is 1. The molecule has 7 heteroatoms. The summed E-state index contributed by atoms with van der Waals surface area (Å²) in [6.45, 7) is 8.06. The van der Waals surface area contributed by atoms with Gasteiger partial charge in [0.2, 0.25) is 0 Å². The second-order valence-electron chi connectivity index (χ2n) is 7.19. The van der Waals surface area contributed by atoms with Crippen LogP contribution in [0.3, 0.4) is 0 Å². The second-order valence-corrected chi connectivity index (χ2v) is 7.19. The van der Waals surface area contributed by atoms with Crippen LogP contribution >= 0.6 is 0 Å². The van der Waals surface area contributed by atoms with Gasteiger partial charge in [-0.15, -0.1) is 0 Å². The van der Waals surface area contributed by atoms with Crippen LogP contribution in [0.15, 0.2) is 47.7 Å². The van der Waals surface area contributed by atoms with Gasteiger partial charge in [-0.05, 0) is 57.0 Å². The third kappa shape index (κ3) is 4.40. The van der Waals surface area contributed by atoms with Gasteiger partial charge in [0.15, 0.2) is 11.5 Å². The highest BCUT2D eigenvalue weighted by molar-refractivity contribution is 6.07. The molecule has 0 saturated carbocycles. The van der Waals surface area contributed by atoms with Gasteiger partial charge in [-0.25, -0.2) is 4.79 Å². The van der Waals surface area contributed by atoms with E-state index in [-0.39, 0.29) is 11.9 Å². The van der Waals surface area contributed by atoms with Crippen LogP contribution in [0.25, 0.3) is 0 Å². The van der Waals surface area contributed by atoms with Crippen LogP contribution in [0, 0.1) is 13.8 Å². The number of hydrogen-bond acceptors (Lipinski definition) is 4. The summed E-state index contributed by atoms with van der Waals surface area (Å²) in [5, 5.41) is 8.50. The summed E-state index contributed by atoms with van der Waals surface area (Å²) in [6.07, 6.45) is 0. The fourth-order valence-electron chi connectivity index (χ4n) is 3.53. The molecule has 1 atom stereocenters. The highest BCUT2D eigenvalue weighted by Crippen LogP contribution is 2.34. The standard InChI is InChI=1S/C23H27N3O4/c1-6-30-18-10-8-16(12-19(18)29-5)21-20(15(4)24-23(28)26-21)22(27)25-17-9-7-13(2)11-14(17)3/h7-12,21H,6H2,1-5H3,(H,25,27)(H2,24,26,28)/t21-/m0/s1. The maximum Gasteiger partial charge on any atom is 0.319 e. The first-order chi connectivity index (χ1) is 14.3. The molecule has 7 nitrogen and oxygen atoms in total. The molecule has 3 N–H and O–H groups in total. The van der Waals surface area contributed by atoms with E-state index >= 15 is 0 Å². The van der Waals surface area contributed by atoms with Crippen LogP contribution in [0.2, 0.25) is 0 Å². The Morgan fingerprint density at radius 3 is 2.53 bits per heavy atom. The van der Waals surface area contributed by atoms with Crippen LogP contribution < -0.4 is 25.4 Å². The van der Waals surface area contributed by atoms with Crippen LogP contribution in [0.4, 0.5) is 10.5 Å². The van der Waals surface area contributed by atoms with E-state index in [1.807, 2.05) is 45.0 Å². The lowest BCUT2D eigenvalue weighted by Gasteiger charge is -2.29. The zero-order chi connectivity index (χ0) is 21.8. The molecular formula is C23H27N3O4. The molecule has 3 rings (SSSR count). The Labute approximate surface area is 176 Å². The van der Waals surface area contributed by atoms with Gasteiger partial charge in [0.1, 0.15) is 0 Å². The molecular weight excluding hydrogens is 382 g/mol. The minimum atomic E-state index is -0.630. The van der Waals surface area contributed by atoms with Gasteiger partial charge in [0, 0.05) is 11.4 Å². The van der Waals surface area contributed by atoms with Gasteiger partial charge in [0.25, 0.3) is 5.91 Å². The van der Waals surface area contributed by atoms with E-state index in [0.29, 0.717) is 29.4 Å². The highest BCUT2D eigenvalue weighted by atomic mass is 16.5. The molecule has 0 fully saturated rings. The molecule has 0 aliphatic carbocycles. The van der Waals surface area contributed by atoms with Crippen LogP contribution in [-0.2, 0) is 4.79 Å². The average molecular weight is 409 g/mol. The summed E-state index contributed by atoms with van der Waals surface area (Å²) in [7, 11) is 1.55. The number of ether oxygens (including phenoxy) is 2. The number of nitrogens with one attached hydrogen (secondary N) is 3. The third-order valence-corrected chi connectivity index (χ3v) is 4.96. The molecule has 0 aromatic heterocycles. The molecule has 3 amide bonds. The minimum Gasteiger partial charge on any atom is -0.493 e. The van der Waals surface area contributed by atoms with Crippen molar-refractivity contribution in [2.45, 2.75) is 33.7 Å². The molecule has 2 aromatic rings. The number of carbonyl (C=O) groups excluding carboxylic acids is 2. The van der Waals surface area contributed by atoms with Crippen molar-refractivity contribution in [3.05, 3.63) is 64.4 Å². The van der Waals surface area contributed by atoms with Gasteiger partial charge in [-0.3, -0.25) is 4.79 Å². The molecule has 1 aliphatic heterocycles. The van der Waals surface area contributed by atoms with Crippen molar-refractivity contribution in [2.24, 2.45) is 0 Å². The molecule has 1 aliphatic rings. The average Bonchev–Trinajstić information content (AvgIpc) is 2.70. The van der Waals surface area contributed by atoms with E-state index in [1.165, 1.54) is 0 Å². The Balaban J connectivity index is 1.97. The predicted molar refractivity (Wildman–Crippen MR) is 116 cm³/mol. The SMILES string of the molecule is CCOc1ccc([C@@H]2NC(=O)NC(C)=C2C(=O)Nc2ccc(C)cc2C)cc1OC. The molecule has 0 bridgehead atoms. The minimum absolute atomic E-state index is 0.287. The lowest BCUT2D eigenvalue weighted by molar-refractivity contribution is -0.113. The predicted octanol–water partition coefficient (Wildman–Crippen LogP) is 3.98. The van der Waals surface area contributed by atoms with Crippen molar-refractivity contribution in [3.63, 3.8) is 0 Å². The number of benzene rings is 2. The first-order valence-electron chi connectivity index (χ1n) is 9.81. The zero-order valence-corrected chi connectivity index (χ0v) is 17.9. The fourth-order valence-corrected chi connectivity index (χ4v) is 3.53. The fraction of sp³-hybridized carbons (Fsp3) is 0.304. The van der Waals surface area contributed by atoms with Crippen molar-refractivity contribution in [2.75, 3.05) is 19.0 Å². The number of aryl methyl sites for hydroxylation is 2. The Kier molecular flexibility index (Phi) is 6.30.